The van der Waals surface area contributed by atoms with Gasteiger partial charge in [0, 0.05) is 37.7 Å². The molecule has 1 aliphatic heterocycles. The van der Waals surface area contributed by atoms with Crippen molar-refractivity contribution in [3.63, 3.8) is 0 Å². The Bertz CT molecular complexity index is 840. The number of fused-ring (bicyclic) bond motifs is 1. The molecule has 1 fully saturated rings. The van der Waals surface area contributed by atoms with Crippen LogP contribution < -0.4 is 16.2 Å². The fraction of sp³-hybridized carbons (Fsp3) is 0.421. The lowest BCUT2D eigenvalue weighted by Gasteiger charge is -2.11. The summed E-state index contributed by atoms with van der Waals surface area (Å²) in [6, 6.07) is 9.06. The third kappa shape index (κ3) is 4.70. The Labute approximate surface area is 151 Å². The summed E-state index contributed by atoms with van der Waals surface area (Å²) in [4.78, 5) is 36.2. The number of aromatic nitrogens is 1. The minimum absolute atomic E-state index is 0.0683. The molecule has 0 unspecified atom stereocenters. The average Bonchev–Trinajstić information content (AvgIpc) is 3.16. The van der Waals surface area contributed by atoms with Crippen LogP contribution in [-0.2, 0) is 20.9 Å². The molecule has 2 amide bonds. The van der Waals surface area contributed by atoms with Crippen molar-refractivity contribution in [3.05, 3.63) is 46.9 Å². The molecule has 2 aromatic rings. The molecule has 0 bridgehead atoms. The Balaban J connectivity index is 1.43. The monoisotopic (exact) mass is 357 g/mol. The van der Waals surface area contributed by atoms with Crippen molar-refractivity contribution >= 4 is 22.6 Å². The van der Waals surface area contributed by atoms with Gasteiger partial charge in [-0.3, -0.25) is 14.4 Å². The van der Waals surface area contributed by atoms with E-state index in [0.717, 1.165) is 24.8 Å². The zero-order valence-corrected chi connectivity index (χ0v) is 14.6. The maximum atomic E-state index is 12.4. The van der Waals surface area contributed by atoms with E-state index in [1.165, 1.54) is 4.57 Å². The molecule has 7 heteroatoms. The van der Waals surface area contributed by atoms with E-state index in [-0.39, 0.29) is 43.0 Å². The van der Waals surface area contributed by atoms with Gasteiger partial charge in [0.25, 0.3) is 5.56 Å². The molecule has 2 heterocycles. The van der Waals surface area contributed by atoms with Crippen LogP contribution in [0.5, 0.6) is 0 Å². The van der Waals surface area contributed by atoms with Crippen LogP contribution in [0.15, 0.2) is 41.3 Å². The number of rotatable bonds is 7. The summed E-state index contributed by atoms with van der Waals surface area (Å²) >= 11 is 0. The summed E-state index contributed by atoms with van der Waals surface area (Å²) in [6.07, 6.45) is 3.92. The summed E-state index contributed by atoms with van der Waals surface area (Å²) < 4.78 is 6.81. The van der Waals surface area contributed by atoms with Gasteiger partial charge < -0.3 is 19.9 Å². The van der Waals surface area contributed by atoms with Gasteiger partial charge in [-0.05, 0) is 30.4 Å². The van der Waals surface area contributed by atoms with Gasteiger partial charge in [0.15, 0.2) is 0 Å². The number of benzene rings is 1. The minimum Gasteiger partial charge on any atom is -0.376 e. The standard InChI is InChI=1S/C19H23N3O4/c23-17(21-12-15-5-3-11-26-15)7-9-20-18(24)13-22-10-8-14-4-1-2-6-16(14)19(22)25/h1-2,4,6,8,10,15H,3,5,7,9,11-13H2,(H,20,24)(H,21,23)/t15-/m1/s1. The Hall–Kier alpha value is -2.67. The van der Waals surface area contributed by atoms with E-state index in [1.807, 2.05) is 18.2 Å². The van der Waals surface area contributed by atoms with Crippen molar-refractivity contribution in [2.45, 2.75) is 31.9 Å². The summed E-state index contributed by atoms with van der Waals surface area (Å²) in [6.45, 7) is 1.43. The first kappa shape index (κ1) is 18.1. The average molecular weight is 357 g/mol. The Morgan fingerprint density at radius 2 is 2.00 bits per heavy atom. The molecule has 1 aromatic heterocycles. The van der Waals surface area contributed by atoms with Crippen molar-refractivity contribution in [3.8, 4) is 0 Å². The first-order valence-corrected chi connectivity index (χ1v) is 8.86. The van der Waals surface area contributed by atoms with Crippen LogP contribution in [0.4, 0.5) is 0 Å². The molecule has 0 saturated carbocycles. The number of pyridine rings is 1. The lowest BCUT2D eigenvalue weighted by molar-refractivity contribution is -0.122. The minimum atomic E-state index is -0.297. The van der Waals surface area contributed by atoms with Crippen LogP contribution in [0.2, 0.25) is 0 Å². The molecule has 0 spiro atoms. The Morgan fingerprint density at radius 1 is 1.15 bits per heavy atom. The lowest BCUT2D eigenvalue weighted by atomic mass is 10.2. The van der Waals surface area contributed by atoms with Crippen molar-refractivity contribution in [2.75, 3.05) is 19.7 Å². The predicted octanol–water partition coefficient (Wildman–Crippen LogP) is 0.803. The number of hydrogen-bond donors (Lipinski definition) is 2. The van der Waals surface area contributed by atoms with Crippen LogP contribution in [0.1, 0.15) is 19.3 Å². The molecule has 2 N–H and O–H groups in total. The number of nitrogens with zero attached hydrogens (tertiary/aromatic N) is 1. The Kier molecular flexibility index (Phi) is 6.01. The van der Waals surface area contributed by atoms with Gasteiger partial charge in [0.05, 0.1) is 6.10 Å². The van der Waals surface area contributed by atoms with Gasteiger partial charge in [-0.2, -0.15) is 0 Å². The second-order valence-corrected chi connectivity index (χ2v) is 6.38. The Morgan fingerprint density at radius 3 is 2.81 bits per heavy atom. The van der Waals surface area contributed by atoms with E-state index in [0.29, 0.717) is 11.9 Å². The summed E-state index contributed by atoms with van der Waals surface area (Å²) in [5, 5.41) is 6.91. The number of nitrogens with one attached hydrogen (secondary N) is 2. The molecule has 1 aromatic carbocycles. The molecule has 1 atom stereocenters. The van der Waals surface area contributed by atoms with Gasteiger partial charge in [-0.1, -0.05) is 18.2 Å². The highest BCUT2D eigenvalue weighted by atomic mass is 16.5. The van der Waals surface area contributed by atoms with Crippen LogP contribution >= 0.6 is 0 Å². The van der Waals surface area contributed by atoms with Crippen molar-refractivity contribution < 1.29 is 14.3 Å². The van der Waals surface area contributed by atoms with Crippen LogP contribution in [-0.4, -0.2) is 42.2 Å². The lowest BCUT2D eigenvalue weighted by Crippen LogP contribution is -2.36. The van der Waals surface area contributed by atoms with Gasteiger partial charge in [0.2, 0.25) is 11.8 Å². The molecular weight excluding hydrogens is 334 g/mol. The molecule has 1 aliphatic rings. The zero-order valence-electron chi connectivity index (χ0n) is 14.6. The maximum absolute atomic E-state index is 12.4. The number of hydrogen-bond acceptors (Lipinski definition) is 4. The van der Waals surface area contributed by atoms with Gasteiger partial charge in [-0.15, -0.1) is 0 Å². The number of carbonyl (C=O) groups excluding carboxylic acids is 2. The highest BCUT2D eigenvalue weighted by Crippen LogP contribution is 2.10. The molecule has 1 saturated heterocycles. The third-order valence-electron chi connectivity index (χ3n) is 4.43. The molecule has 26 heavy (non-hydrogen) atoms. The SMILES string of the molecule is O=C(CCNC(=O)Cn1ccc2ccccc2c1=O)NC[C@H]1CCCO1. The second-order valence-electron chi connectivity index (χ2n) is 6.38. The molecule has 0 aliphatic carbocycles. The molecule has 138 valence electrons. The fourth-order valence-electron chi connectivity index (χ4n) is 3.00. The van der Waals surface area contributed by atoms with Gasteiger partial charge in [0.1, 0.15) is 6.54 Å². The van der Waals surface area contributed by atoms with E-state index in [4.69, 9.17) is 4.74 Å². The molecular formula is C19H23N3O4. The van der Waals surface area contributed by atoms with Gasteiger partial charge >= 0.3 is 0 Å². The summed E-state index contributed by atoms with van der Waals surface area (Å²) in [5.41, 5.74) is -0.201. The quantitative estimate of drug-likeness (QED) is 0.767. The number of ether oxygens (including phenoxy) is 1. The van der Waals surface area contributed by atoms with E-state index in [2.05, 4.69) is 10.6 Å². The van der Waals surface area contributed by atoms with E-state index < -0.39 is 0 Å². The predicted molar refractivity (Wildman–Crippen MR) is 97.8 cm³/mol. The van der Waals surface area contributed by atoms with Gasteiger partial charge in [-0.25, -0.2) is 0 Å². The van der Waals surface area contributed by atoms with E-state index >= 15 is 0 Å². The molecule has 3 rings (SSSR count). The van der Waals surface area contributed by atoms with Crippen molar-refractivity contribution in [1.82, 2.24) is 15.2 Å². The first-order valence-electron chi connectivity index (χ1n) is 8.86. The molecule has 0 radical (unpaired) electrons. The highest BCUT2D eigenvalue weighted by Gasteiger charge is 2.16. The third-order valence-corrected chi connectivity index (χ3v) is 4.43. The van der Waals surface area contributed by atoms with Crippen LogP contribution in [0.3, 0.4) is 0 Å². The van der Waals surface area contributed by atoms with Crippen LogP contribution in [0, 0.1) is 0 Å². The second kappa shape index (κ2) is 8.62. The maximum Gasteiger partial charge on any atom is 0.258 e. The van der Waals surface area contributed by atoms with Crippen molar-refractivity contribution in [2.24, 2.45) is 0 Å². The van der Waals surface area contributed by atoms with E-state index in [1.54, 1.807) is 18.3 Å². The van der Waals surface area contributed by atoms with Crippen molar-refractivity contribution in [1.29, 1.82) is 0 Å². The first-order chi connectivity index (χ1) is 12.6. The number of carbonyl (C=O) groups is 2. The topological polar surface area (TPSA) is 89.4 Å². The zero-order chi connectivity index (χ0) is 18.4. The van der Waals surface area contributed by atoms with Crippen LogP contribution in [0.25, 0.3) is 10.8 Å². The molecule has 7 nitrogen and oxygen atoms in total. The highest BCUT2D eigenvalue weighted by molar-refractivity contribution is 5.82. The fourth-order valence-corrected chi connectivity index (χ4v) is 3.00. The summed E-state index contributed by atoms with van der Waals surface area (Å²) in [7, 11) is 0. The van der Waals surface area contributed by atoms with E-state index in [9.17, 15) is 14.4 Å². The largest absolute Gasteiger partial charge is 0.376 e. The summed E-state index contributed by atoms with van der Waals surface area (Å²) in [5.74, 6) is -0.419. The smallest absolute Gasteiger partial charge is 0.258 e. The number of amides is 2. The normalized spacial score (nSPS) is 16.5.